The van der Waals surface area contributed by atoms with Gasteiger partial charge in [-0.2, -0.15) is 13.2 Å². The van der Waals surface area contributed by atoms with Crippen LogP contribution in [0, 0.1) is 0 Å². The fourth-order valence-corrected chi connectivity index (χ4v) is 2.39. The van der Waals surface area contributed by atoms with Crippen molar-refractivity contribution < 1.29 is 17.9 Å². The Balaban J connectivity index is 2.47. The first-order valence-electron chi connectivity index (χ1n) is 5.47. The SMILES string of the molecule is Nc1ccc(Oc2cc(Cl)c(Br)cc2Cl)c(C(F)(F)F)c1. The molecule has 0 heterocycles. The molecular weight excluding hydrogens is 394 g/mol. The van der Waals surface area contributed by atoms with Crippen molar-refractivity contribution in [3.63, 3.8) is 0 Å². The Kier molecular flexibility index (Phi) is 4.60. The third-order valence-corrected chi connectivity index (χ3v) is 4.00. The molecule has 112 valence electrons. The summed E-state index contributed by atoms with van der Waals surface area (Å²) >= 11 is 15.0. The van der Waals surface area contributed by atoms with E-state index in [0.29, 0.717) is 4.47 Å². The smallest absolute Gasteiger partial charge is 0.420 e. The quantitative estimate of drug-likeness (QED) is 0.484. The second-order valence-corrected chi connectivity index (χ2v) is 5.72. The normalized spacial score (nSPS) is 11.5. The number of hydrogen-bond donors (Lipinski definition) is 1. The van der Waals surface area contributed by atoms with Crippen LogP contribution in [0.1, 0.15) is 5.56 Å². The van der Waals surface area contributed by atoms with Crippen LogP contribution in [0.15, 0.2) is 34.8 Å². The molecule has 0 radical (unpaired) electrons. The molecule has 0 spiro atoms. The van der Waals surface area contributed by atoms with Gasteiger partial charge in [0.15, 0.2) is 0 Å². The fourth-order valence-electron chi connectivity index (χ4n) is 1.56. The van der Waals surface area contributed by atoms with Gasteiger partial charge >= 0.3 is 6.18 Å². The molecular formula is C13H7BrCl2F3NO. The summed E-state index contributed by atoms with van der Waals surface area (Å²) in [7, 11) is 0. The third kappa shape index (κ3) is 3.75. The number of halogens is 6. The average Bonchev–Trinajstić information content (AvgIpc) is 2.36. The highest BCUT2D eigenvalue weighted by Crippen LogP contribution is 2.42. The van der Waals surface area contributed by atoms with E-state index in [0.717, 1.165) is 12.1 Å². The summed E-state index contributed by atoms with van der Waals surface area (Å²) < 4.78 is 44.7. The van der Waals surface area contributed by atoms with Crippen molar-refractivity contribution in [2.24, 2.45) is 0 Å². The molecule has 0 fully saturated rings. The maximum absolute atomic E-state index is 13.0. The van der Waals surface area contributed by atoms with Gasteiger partial charge < -0.3 is 10.5 Å². The molecule has 2 rings (SSSR count). The molecule has 0 saturated heterocycles. The van der Waals surface area contributed by atoms with Crippen LogP contribution >= 0.6 is 39.1 Å². The summed E-state index contributed by atoms with van der Waals surface area (Å²) in [4.78, 5) is 0. The number of ether oxygens (including phenoxy) is 1. The number of anilines is 1. The second kappa shape index (κ2) is 5.94. The zero-order chi connectivity index (χ0) is 15.8. The van der Waals surface area contributed by atoms with Gasteiger partial charge in [-0.3, -0.25) is 0 Å². The van der Waals surface area contributed by atoms with Gasteiger partial charge in [0.2, 0.25) is 0 Å². The second-order valence-electron chi connectivity index (χ2n) is 4.05. The van der Waals surface area contributed by atoms with Crippen LogP contribution in [-0.4, -0.2) is 0 Å². The Morgan fingerprint density at radius 3 is 2.29 bits per heavy atom. The van der Waals surface area contributed by atoms with Crippen molar-refractivity contribution in [3.8, 4) is 11.5 Å². The van der Waals surface area contributed by atoms with Gasteiger partial charge in [-0.05, 0) is 40.2 Å². The van der Waals surface area contributed by atoms with Crippen molar-refractivity contribution in [1.82, 2.24) is 0 Å². The molecule has 0 unspecified atom stereocenters. The molecule has 2 N–H and O–H groups in total. The molecule has 0 aliphatic rings. The Morgan fingerprint density at radius 1 is 1.00 bits per heavy atom. The van der Waals surface area contributed by atoms with Crippen LogP contribution in [0.2, 0.25) is 10.0 Å². The van der Waals surface area contributed by atoms with Crippen LogP contribution in [0.4, 0.5) is 18.9 Å². The van der Waals surface area contributed by atoms with Gasteiger partial charge in [0.1, 0.15) is 17.1 Å². The van der Waals surface area contributed by atoms with Crippen molar-refractivity contribution >= 4 is 44.8 Å². The number of alkyl halides is 3. The van der Waals surface area contributed by atoms with Crippen LogP contribution in [0.25, 0.3) is 0 Å². The highest BCUT2D eigenvalue weighted by molar-refractivity contribution is 9.10. The Hall–Kier alpha value is -1.11. The van der Waals surface area contributed by atoms with Crippen LogP contribution < -0.4 is 10.5 Å². The van der Waals surface area contributed by atoms with E-state index in [2.05, 4.69) is 15.9 Å². The van der Waals surface area contributed by atoms with Crippen molar-refractivity contribution in [1.29, 1.82) is 0 Å². The lowest BCUT2D eigenvalue weighted by atomic mass is 10.1. The summed E-state index contributed by atoms with van der Waals surface area (Å²) in [5.74, 6) is -0.392. The summed E-state index contributed by atoms with van der Waals surface area (Å²) in [5.41, 5.74) is 4.38. The molecule has 0 aromatic heterocycles. The first kappa shape index (κ1) is 16.3. The number of nitrogens with two attached hydrogens (primary N) is 1. The fraction of sp³-hybridized carbons (Fsp3) is 0.0769. The summed E-state index contributed by atoms with van der Waals surface area (Å²) in [5, 5.41) is 0.384. The zero-order valence-electron chi connectivity index (χ0n) is 10.1. The molecule has 0 aliphatic heterocycles. The largest absolute Gasteiger partial charge is 0.455 e. The standard InChI is InChI=1S/C13H7BrCl2F3NO/c14-8-4-10(16)12(5-9(8)15)21-11-2-1-6(20)3-7(11)13(17,18)19/h1-5H,20H2. The number of hydrogen-bond acceptors (Lipinski definition) is 2. The van der Waals surface area contributed by atoms with Crippen LogP contribution in [0.5, 0.6) is 11.5 Å². The third-order valence-electron chi connectivity index (χ3n) is 2.50. The summed E-state index contributed by atoms with van der Waals surface area (Å²) in [6, 6.07) is 5.99. The predicted octanol–water partition coefficient (Wildman–Crippen LogP) is 6.15. The molecule has 0 aliphatic carbocycles. The highest BCUT2D eigenvalue weighted by atomic mass is 79.9. The summed E-state index contributed by atoms with van der Waals surface area (Å²) in [6.07, 6.45) is -4.60. The monoisotopic (exact) mass is 399 g/mol. The van der Waals surface area contributed by atoms with Crippen molar-refractivity contribution in [3.05, 3.63) is 50.4 Å². The maximum Gasteiger partial charge on any atom is 0.420 e. The highest BCUT2D eigenvalue weighted by Gasteiger charge is 2.35. The van der Waals surface area contributed by atoms with Gasteiger partial charge in [-0.15, -0.1) is 0 Å². The van der Waals surface area contributed by atoms with E-state index in [4.69, 9.17) is 33.7 Å². The van der Waals surface area contributed by atoms with E-state index in [1.807, 2.05) is 0 Å². The molecule has 2 aromatic rings. The molecule has 8 heteroatoms. The van der Waals surface area contributed by atoms with Crippen molar-refractivity contribution in [2.75, 3.05) is 5.73 Å². The topological polar surface area (TPSA) is 35.2 Å². The molecule has 0 amide bonds. The zero-order valence-corrected chi connectivity index (χ0v) is 13.2. The van der Waals surface area contributed by atoms with E-state index < -0.39 is 17.5 Å². The van der Waals surface area contributed by atoms with E-state index in [-0.39, 0.29) is 21.5 Å². The van der Waals surface area contributed by atoms with Gasteiger partial charge in [0.25, 0.3) is 0 Å². The molecule has 0 atom stereocenters. The lowest BCUT2D eigenvalue weighted by molar-refractivity contribution is -0.138. The molecule has 2 nitrogen and oxygen atoms in total. The minimum absolute atomic E-state index is 0.0140. The van der Waals surface area contributed by atoms with E-state index >= 15 is 0 Å². The average molecular weight is 401 g/mol. The summed E-state index contributed by atoms with van der Waals surface area (Å²) in [6.45, 7) is 0. The van der Waals surface area contributed by atoms with Gasteiger partial charge in [0.05, 0.1) is 10.0 Å². The lowest BCUT2D eigenvalue weighted by Gasteiger charge is -2.15. The van der Waals surface area contributed by atoms with Crippen molar-refractivity contribution in [2.45, 2.75) is 6.18 Å². The van der Waals surface area contributed by atoms with E-state index in [1.54, 1.807) is 0 Å². The number of benzene rings is 2. The van der Waals surface area contributed by atoms with E-state index in [9.17, 15) is 13.2 Å². The molecule has 0 saturated carbocycles. The first-order valence-corrected chi connectivity index (χ1v) is 7.02. The predicted molar refractivity (Wildman–Crippen MR) is 80.1 cm³/mol. The Morgan fingerprint density at radius 2 is 1.67 bits per heavy atom. The minimum atomic E-state index is -4.60. The van der Waals surface area contributed by atoms with E-state index in [1.165, 1.54) is 18.2 Å². The van der Waals surface area contributed by atoms with Crippen LogP contribution in [0.3, 0.4) is 0 Å². The van der Waals surface area contributed by atoms with Gasteiger partial charge in [-0.1, -0.05) is 23.2 Å². The lowest BCUT2D eigenvalue weighted by Crippen LogP contribution is -2.08. The van der Waals surface area contributed by atoms with Gasteiger partial charge in [-0.25, -0.2) is 0 Å². The number of rotatable bonds is 2. The first-order chi connectivity index (χ1) is 9.68. The van der Waals surface area contributed by atoms with Gasteiger partial charge in [0, 0.05) is 16.2 Å². The van der Waals surface area contributed by atoms with Crippen LogP contribution in [-0.2, 0) is 6.18 Å². The Labute approximate surface area is 136 Å². The molecule has 21 heavy (non-hydrogen) atoms. The maximum atomic E-state index is 13.0. The molecule has 0 bridgehead atoms. The number of nitrogen functional groups attached to an aromatic ring is 1. The minimum Gasteiger partial charge on any atom is -0.455 e. The Bertz CT molecular complexity index is 692. The molecule has 2 aromatic carbocycles.